The topological polar surface area (TPSA) is 35.5 Å². The second kappa shape index (κ2) is 8.06. The monoisotopic (exact) mass is 244 g/mol. The third-order valence-corrected chi connectivity index (χ3v) is 3.03. The Morgan fingerprint density at radius 2 is 1.82 bits per heavy atom. The van der Waals surface area contributed by atoms with Crippen LogP contribution in [0.25, 0.3) is 0 Å². The summed E-state index contributed by atoms with van der Waals surface area (Å²) in [7, 11) is 0. The van der Waals surface area contributed by atoms with Gasteiger partial charge in [0.05, 0.1) is 12.1 Å². The van der Waals surface area contributed by atoms with E-state index in [0.29, 0.717) is 12.0 Å². The quantitative estimate of drug-likeness (QED) is 0.652. The van der Waals surface area contributed by atoms with Crippen molar-refractivity contribution in [2.75, 3.05) is 26.2 Å². The maximum atomic E-state index is 9.59. The summed E-state index contributed by atoms with van der Waals surface area (Å²) in [5.74, 6) is 0.659. The van der Waals surface area contributed by atoms with E-state index in [1.165, 1.54) is 0 Å². The van der Waals surface area contributed by atoms with Gasteiger partial charge in [0.15, 0.2) is 0 Å². The molecule has 17 heavy (non-hydrogen) atoms. The molecule has 0 aromatic heterocycles. The van der Waals surface area contributed by atoms with E-state index in [9.17, 15) is 5.11 Å². The second-order valence-electron chi connectivity index (χ2n) is 6.06. The van der Waals surface area contributed by atoms with Gasteiger partial charge in [0.25, 0.3) is 0 Å². The molecular formula is C14H32N2O. The number of aliphatic hydroxyl groups is 1. The number of hydrogen-bond donors (Lipinski definition) is 2. The Kier molecular flexibility index (Phi) is 8.01. The highest BCUT2D eigenvalue weighted by Crippen LogP contribution is 2.11. The zero-order valence-electron chi connectivity index (χ0n) is 12.6. The van der Waals surface area contributed by atoms with Crippen molar-refractivity contribution in [3.63, 3.8) is 0 Å². The molecule has 0 aliphatic heterocycles. The molecule has 3 heteroatoms. The van der Waals surface area contributed by atoms with Gasteiger partial charge in [0, 0.05) is 19.1 Å². The van der Waals surface area contributed by atoms with Crippen molar-refractivity contribution in [3.05, 3.63) is 0 Å². The van der Waals surface area contributed by atoms with E-state index in [-0.39, 0.29) is 12.1 Å². The van der Waals surface area contributed by atoms with Crippen LogP contribution in [0.2, 0.25) is 0 Å². The Labute approximate surface area is 108 Å². The molecule has 0 aromatic rings. The van der Waals surface area contributed by atoms with Crippen molar-refractivity contribution < 1.29 is 5.11 Å². The van der Waals surface area contributed by atoms with Crippen molar-refractivity contribution in [1.82, 2.24) is 10.2 Å². The first-order chi connectivity index (χ1) is 7.84. The molecule has 0 bridgehead atoms. The number of aliphatic hydroxyl groups excluding tert-OH is 1. The summed E-state index contributed by atoms with van der Waals surface area (Å²) in [6, 6.07) is 0.520. The third-order valence-electron chi connectivity index (χ3n) is 3.03. The maximum absolute atomic E-state index is 9.59. The number of nitrogens with one attached hydrogen (secondary N) is 1. The van der Waals surface area contributed by atoms with E-state index in [1.807, 2.05) is 0 Å². The van der Waals surface area contributed by atoms with Gasteiger partial charge >= 0.3 is 0 Å². The first-order valence-corrected chi connectivity index (χ1v) is 6.94. The predicted octanol–water partition coefficient (Wildman–Crippen LogP) is 2.10. The van der Waals surface area contributed by atoms with Gasteiger partial charge < -0.3 is 10.4 Å². The molecule has 0 aliphatic rings. The molecule has 0 aliphatic carbocycles. The lowest BCUT2D eigenvalue weighted by molar-refractivity contribution is 0.0953. The van der Waals surface area contributed by atoms with Gasteiger partial charge in [0.1, 0.15) is 0 Å². The summed E-state index contributed by atoms with van der Waals surface area (Å²) in [4.78, 5) is 2.45. The number of rotatable bonds is 9. The largest absolute Gasteiger partial charge is 0.394 e. The van der Waals surface area contributed by atoms with Crippen LogP contribution in [0.4, 0.5) is 0 Å². The minimum atomic E-state index is -0.185. The Hall–Kier alpha value is -0.120. The molecule has 1 atom stereocenters. The zero-order chi connectivity index (χ0) is 13.5. The summed E-state index contributed by atoms with van der Waals surface area (Å²) in [6.45, 7) is 16.3. The van der Waals surface area contributed by atoms with Crippen LogP contribution in [0.15, 0.2) is 0 Å². The van der Waals surface area contributed by atoms with E-state index in [0.717, 1.165) is 26.1 Å². The summed E-state index contributed by atoms with van der Waals surface area (Å²) in [5, 5.41) is 13.0. The highest BCUT2D eigenvalue weighted by atomic mass is 16.3. The van der Waals surface area contributed by atoms with Gasteiger partial charge in [-0.1, -0.05) is 20.8 Å². The van der Waals surface area contributed by atoms with E-state index >= 15 is 0 Å². The van der Waals surface area contributed by atoms with Gasteiger partial charge in [-0.2, -0.15) is 0 Å². The lowest BCUT2D eigenvalue weighted by Crippen LogP contribution is -2.56. The molecule has 0 spiro atoms. The molecule has 2 N–H and O–H groups in total. The van der Waals surface area contributed by atoms with Crippen LogP contribution >= 0.6 is 0 Å². The maximum Gasteiger partial charge on any atom is 0.0623 e. The van der Waals surface area contributed by atoms with Gasteiger partial charge in [-0.3, -0.25) is 4.90 Å². The summed E-state index contributed by atoms with van der Waals surface area (Å²) >= 11 is 0. The summed E-state index contributed by atoms with van der Waals surface area (Å²) in [5.41, 5.74) is -0.185. The molecule has 3 nitrogen and oxygen atoms in total. The van der Waals surface area contributed by atoms with Crippen LogP contribution in [0.3, 0.4) is 0 Å². The fourth-order valence-corrected chi connectivity index (χ4v) is 1.96. The van der Waals surface area contributed by atoms with Crippen molar-refractivity contribution >= 4 is 0 Å². The van der Waals surface area contributed by atoms with Crippen LogP contribution in [0.1, 0.15) is 48.0 Å². The normalized spacial score (nSPS) is 15.9. The van der Waals surface area contributed by atoms with Crippen LogP contribution in [-0.4, -0.2) is 47.8 Å². The average molecular weight is 244 g/mol. The molecule has 0 aromatic carbocycles. The fourth-order valence-electron chi connectivity index (χ4n) is 1.96. The van der Waals surface area contributed by atoms with Crippen molar-refractivity contribution in [1.29, 1.82) is 0 Å². The summed E-state index contributed by atoms with van der Waals surface area (Å²) < 4.78 is 0. The molecule has 104 valence electrons. The highest BCUT2D eigenvalue weighted by molar-refractivity contribution is 4.87. The Morgan fingerprint density at radius 3 is 2.18 bits per heavy atom. The lowest BCUT2D eigenvalue weighted by Gasteiger charge is -2.38. The second-order valence-corrected chi connectivity index (χ2v) is 6.06. The smallest absolute Gasteiger partial charge is 0.0623 e. The Morgan fingerprint density at radius 1 is 1.24 bits per heavy atom. The van der Waals surface area contributed by atoms with Gasteiger partial charge in [-0.05, 0) is 39.7 Å². The minimum absolute atomic E-state index is 0.185. The molecule has 0 heterocycles. The Balaban J connectivity index is 4.46. The Bertz CT molecular complexity index is 195. The van der Waals surface area contributed by atoms with E-state index in [1.54, 1.807) is 0 Å². The third kappa shape index (κ3) is 7.02. The van der Waals surface area contributed by atoms with Crippen LogP contribution in [0.5, 0.6) is 0 Å². The molecule has 0 radical (unpaired) electrons. The van der Waals surface area contributed by atoms with Gasteiger partial charge in [-0.25, -0.2) is 0 Å². The molecule has 0 rings (SSSR count). The van der Waals surface area contributed by atoms with Crippen LogP contribution in [-0.2, 0) is 0 Å². The van der Waals surface area contributed by atoms with Crippen LogP contribution < -0.4 is 5.32 Å². The zero-order valence-corrected chi connectivity index (χ0v) is 12.6. The number of nitrogens with zero attached hydrogens (tertiary/aromatic N) is 1. The SMILES string of the molecule is CCCNC(C)(CO)CN(CC(C)C)C(C)C. The minimum Gasteiger partial charge on any atom is -0.394 e. The first-order valence-electron chi connectivity index (χ1n) is 6.94. The molecule has 0 amide bonds. The van der Waals surface area contributed by atoms with Crippen molar-refractivity contribution in [3.8, 4) is 0 Å². The van der Waals surface area contributed by atoms with Crippen LogP contribution in [0, 0.1) is 5.92 Å². The van der Waals surface area contributed by atoms with E-state index < -0.39 is 0 Å². The molecular weight excluding hydrogens is 212 g/mol. The average Bonchev–Trinajstić information content (AvgIpc) is 2.25. The van der Waals surface area contributed by atoms with E-state index in [4.69, 9.17) is 0 Å². The standard InChI is InChI=1S/C14H32N2O/c1-7-8-15-14(6,11-17)10-16(13(4)5)9-12(2)3/h12-13,15,17H,7-11H2,1-6H3. The van der Waals surface area contributed by atoms with E-state index in [2.05, 4.69) is 51.8 Å². The van der Waals surface area contributed by atoms with Gasteiger partial charge in [0.2, 0.25) is 0 Å². The van der Waals surface area contributed by atoms with Crippen molar-refractivity contribution in [2.45, 2.75) is 59.5 Å². The fraction of sp³-hybridized carbons (Fsp3) is 1.00. The summed E-state index contributed by atoms with van der Waals surface area (Å²) in [6.07, 6.45) is 1.10. The van der Waals surface area contributed by atoms with Crippen molar-refractivity contribution in [2.24, 2.45) is 5.92 Å². The molecule has 1 unspecified atom stereocenters. The molecule has 0 saturated carbocycles. The molecule has 0 fully saturated rings. The molecule has 0 saturated heterocycles. The number of hydrogen-bond acceptors (Lipinski definition) is 3. The first kappa shape index (κ1) is 16.9. The lowest BCUT2D eigenvalue weighted by atomic mass is 10.0. The van der Waals surface area contributed by atoms with Gasteiger partial charge in [-0.15, -0.1) is 0 Å². The predicted molar refractivity (Wildman–Crippen MR) is 75.3 cm³/mol. The highest BCUT2D eigenvalue weighted by Gasteiger charge is 2.26.